The summed E-state index contributed by atoms with van der Waals surface area (Å²) in [7, 11) is 0. The Bertz CT molecular complexity index is 455. The van der Waals surface area contributed by atoms with E-state index in [1.807, 2.05) is 11.3 Å². The molecule has 0 unspecified atom stereocenters. The number of aryl methyl sites for hydroxylation is 1. The fraction of sp³-hybridized carbons (Fsp3) is 0.533. The second-order valence-electron chi connectivity index (χ2n) is 5.73. The Balaban J connectivity index is 0.000000224. The molecule has 0 radical (unpaired) electrons. The predicted octanol–water partition coefficient (Wildman–Crippen LogP) is 3.55. The molecule has 0 bridgehead atoms. The molecule has 0 saturated carbocycles. The van der Waals surface area contributed by atoms with Crippen LogP contribution in [0.3, 0.4) is 0 Å². The van der Waals surface area contributed by atoms with Crippen molar-refractivity contribution in [2.75, 3.05) is 13.1 Å². The third kappa shape index (κ3) is 5.57. The van der Waals surface area contributed by atoms with Gasteiger partial charge in [-0.05, 0) is 63.2 Å². The van der Waals surface area contributed by atoms with Crippen molar-refractivity contribution in [1.29, 1.82) is 0 Å². The number of aliphatic carboxylic acids is 1. The third-order valence-corrected chi connectivity index (χ3v) is 3.88. The largest absolute Gasteiger partial charge is 0.481 e. The summed E-state index contributed by atoms with van der Waals surface area (Å²) < 4.78 is 0. The van der Waals surface area contributed by atoms with E-state index in [2.05, 4.69) is 29.8 Å². The Hall–Kier alpha value is -1.13. The van der Waals surface area contributed by atoms with Gasteiger partial charge in [-0.1, -0.05) is 6.08 Å². The molecule has 2 rings (SSSR count). The van der Waals surface area contributed by atoms with Crippen LogP contribution in [0.5, 0.6) is 0 Å². The molecule has 1 aliphatic heterocycles. The number of carbonyl (C=O) groups is 1. The van der Waals surface area contributed by atoms with Gasteiger partial charge in [-0.2, -0.15) is 0 Å². The van der Waals surface area contributed by atoms with Gasteiger partial charge in [0, 0.05) is 11.4 Å². The second kappa shape index (κ2) is 6.87. The van der Waals surface area contributed by atoms with Crippen molar-refractivity contribution in [3.63, 3.8) is 0 Å². The molecule has 0 fully saturated rings. The second-order valence-corrected chi connectivity index (χ2v) is 6.64. The topological polar surface area (TPSA) is 49.3 Å². The first-order valence-corrected chi connectivity index (χ1v) is 7.37. The van der Waals surface area contributed by atoms with Crippen molar-refractivity contribution in [2.45, 2.75) is 34.1 Å². The van der Waals surface area contributed by atoms with Gasteiger partial charge in [0.2, 0.25) is 0 Å². The first kappa shape index (κ1) is 15.9. The highest BCUT2D eigenvalue weighted by atomic mass is 32.1. The normalized spacial score (nSPS) is 15.3. The lowest BCUT2D eigenvalue weighted by molar-refractivity contribution is -0.145. The average Bonchev–Trinajstić information content (AvgIpc) is 2.77. The fourth-order valence-corrected chi connectivity index (χ4v) is 2.42. The fourth-order valence-electron chi connectivity index (χ4n) is 1.45. The summed E-state index contributed by atoms with van der Waals surface area (Å²) in [6, 6.07) is 2.28. The Kier molecular flexibility index (Phi) is 5.76. The van der Waals surface area contributed by atoms with E-state index < -0.39 is 11.4 Å². The molecule has 0 amide bonds. The molecule has 1 aromatic heterocycles. The van der Waals surface area contributed by atoms with E-state index in [9.17, 15) is 4.79 Å². The lowest BCUT2D eigenvalue weighted by Gasteiger charge is -2.11. The summed E-state index contributed by atoms with van der Waals surface area (Å²) in [5.74, 6) is -0.757. The molecule has 0 aliphatic carbocycles. The average molecular weight is 281 g/mol. The minimum atomic E-state index is -0.757. The summed E-state index contributed by atoms with van der Waals surface area (Å²) >= 11 is 1.86. The molecule has 19 heavy (non-hydrogen) atoms. The maximum atomic E-state index is 10.0. The summed E-state index contributed by atoms with van der Waals surface area (Å²) in [4.78, 5) is 11.5. The number of thiophene rings is 1. The summed E-state index contributed by atoms with van der Waals surface area (Å²) in [6.07, 6.45) is 3.48. The van der Waals surface area contributed by atoms with Gasteiger partial charge in [-0.15, -0.1) is 11.3 Å². The molecule has 2 heterocycles. The molecule has 0 spiro atoms. The maximum Gasteiger partial charge on any atom is 0.308 e. The van der Waals surface area contributed by atoms with Gasteiger partial charge in [-0.25, -0.2) is 0 Å². The van der Waals surface area contributed by atoms with Crippen molar-refractivity contribution in [1.82, 2.24) is 5.32 Å². The van der Waals surface area contributed by atoms with Crippen LogP contribution < -0.4 is 5.32 Å². The predicted molar refractivity (Wildman–Crippen MR) is 81.6 cm³/mol. The Labute approximate surface area is 119 Å². The van der Waals surface area contributed by atoms with Gasteiger partial charge in [0.15, 0.2) is 0 Å². The highest BCUT2D eigenvalue weighted by Gasteiger charge is 2.18. The van der Waals surface area contributed by atoms with Crippen molar-refractivity contribution < 1.29 is 9.90 Å². The number of hydrogen-bond acceptors (Lipinski definition) is 3. The molecule has 1 aliphatic rings. The zero-order valence-electron chi connectivity index (χ0n) is 12.1. The molecule has 1 aromatic rings. The molecule has 106 valence electrons. The highest BCUT2D eigenvalue weighted by molar-refractivity contribution is 7.11. The van der Waals surface area contributed by atoms with Crippen LogP contribution in [0.4, 0.5) is 0 Å². The standard InChI is InChI=1S/C10H13NS.C5H10O2/c1-8-6-10(12-7-8)9-2-4-11-5-3-9;1-5(2,3)4(6)7/h2,6-7,11H,3-5H2,1H3;1-3H3,(H,6,7). The zero-order chi connectivity index (χ0) is 14.5. The Morgan fingerprint density at radius 3 is 2.42 bits per heavy atom. The lowest BCUT2D eigenvalue weighted by Crippen LogP contribution is -2.19. The van der Waals surface area contributed by atoms with Crippen molar-refractivity contribution in [2.24, 2.45) is 5.41 Å². The molecular formula is C15H23NO2S. The van der Waals surface area contributed by atoms with Crippen LogP contribution in [-0.2, 0) is 4.79 Å². The number of hydrogen-bond donors (Lipinski definition) is 2. The summed E-state index contributed by atoms with van der Waals surface area (Å²) in [5.41, 5.74) is 2.32. The van der Waals surface area contributed by atoms with E-state index in [1.54, 1.807) is 20.8 Å². The maximum absolute atomic E-state index is 10.0. The molecule has 0 aromatic carbocycles. The van der Waals surface area contributed by atoms with Crippen LogP contribution in [0.2, 0.25) is 0 Å². The van der Waals surface area contributed by atoms with E-state index in [-0.39, 0.29) is 0 Å². The zero-order valence-corrected chi connectivity index (χ0v) is 12.9. The van der Waals surface area contributed by atoms with Crippen molar-refractivity contribution in [3.8, 4) is 0 Å². The van der Waals surface area contributed by atoms with Gasteiger partial charge in [-0.3, -0.25) is 4.79 Å². The first-order valence-electron chi connectivity index (χ1n) is 6.49. The van der Waals surface area contributed by atoms with Crippen molar-refractivity contribution >= 4 is 22.9 Å². The van der Waals surface area contributed by atoms with Crippen LogP contribution in [0.25, 0.3) is 5.57 Å². The van der Waals surface area contributed by atoms with Crippen LogP contribution in [0, 0.1) is 12.3 Å². The summed E-state index contributed by atoms with van der Waals surface area (Å²) in [5, 5.41) is 13.8. The van der Waals surface area contributed by atoms with E-state index in [0.29, 0.717) is 0 Å². The number of nitrogens with one attached hydrogen (secondary N) is 1. The van der Waals surface area contributed by atoms with E-state index in [4.69, 9.17) is 5.11 Å². The Morgan fingerprint density at radius 2 is 2.05 bits per heavy atom. The monoisotopic (exact) mass is 281 g/mol. The number of carboxylic acid groups (broad SMARTS) is 1. The van der Waals surface area contributed by atoms with Gasteiger partial charge in [0.05, 0.1) is 5.41 Å². The van der Waals surface area contributed by atoms with Crippen molar-refractivity contribution in [3.05, 3.63) is 28.0 Å². The molecule has 2 N–H and O–H groups in total. The Morgan fingerprint density at radius 1 is 1.42 bits per heavy atom. The molecule has 0 saturated heterocycles. The minimum Gasteiger partial charge on any atom is -0.481 e. The van der Waals surface area contributed by atoms with Crippen LogP contribution in [-0.4, -0.2) is 24.2 Å². The smallest absolute Gasteiger partial charge is 0.308 e. The number of rotatable bonds is 1. The van der Waals surface area contributed by atoms with E-state index in [1.165, 1.54) is 22.4 Å². The van der Waals surface area contributed by atoms with Gasteiger partial charge in [0.1, 0.15) is 0 Å². The van der Waals surface area contributed by atoms with Gasteiger partial charge < -0.3 is 10.4 Å². The summed E-state index contributed by atoms with van der Waals surface area (Å²) in [6.45, 7) is 9.30. The van der Waals surface area contributed by atoms with Crippen LogP contribution in [0.1, 0.15) is 37.6 Å². The molecule has 0 atom stereocenters. The first-order chi connectivity index (χ1) is 8.80. The van der Waals surface area contributed by atoms with Gasteiger partial charge >= 0.3 is 5.97 Å². The lowest BCUT2D eigenvalue weighted by atomic mass is 9.98. The van der Waals surface area contributed by atoms with E-state index in [0.717, 1.165) is 13.1 Å². The molecule has 3 nitrogen and oxygen atoms in total. The van der Waals surface area contributed by atoms with Gasteiger partial charge in [0.25, 0.3) is 0 Å². The SMILES string of the molecule is CC(C)(C)C(=O)O.Cc1csc(C2=CCNCC2)c1. The quantitative estimate of drug-likeness (QED) is 0.827. The minimum absolute atomic E-state index is 0.583. The van der Waals surface area contributed by atoms with E-state index >= 15 is 0 Å². The molecular weight excluding hydrogens is 258 g/mol. The third-order valence-electron chi connectivity index (χ3n) is 2.75. The highest BCUT2D eigenvalue weighted by Crippen LogP contribution is 2.25. The van der Waals surface area contributed by atoms with Crippen LogP contribution in [0.15, 0.2) is 17.5 Å². The molecule has 4 heteroatoms. The number of carboxylic acids is 1. The van der Waals surface area contributed by atoms with Crippen LogP contribution >= 0.6 is 11.3 Å².